The maximum Gasteiger partial charge on any atom is 0.248 e. The number of carbonyl (C=O) groups excluding carboxylic acids is 1. The average Bonchev–Trinajstić information content (AvgIpc) is 2.78. The van der Waals surface area contributed by atoms with Crippen LogP contribution in [0, 0.1) is 5.92 Å². The lowest BCUT2D eigenvalue weighted by Crippen LogP contribution is -2.53. The Labute approximate surface area is 117 Å². The molecule has 1 saturated heterocycles. The second-order valence-electron chi connectivity index (χ2n) is 5.21. The van der Waals surface area contributed by atoms with Crippen LogP contribution in [-0.4, -0.2) is 33.1 Å². The van der Waals surface area contributed by atoms with Crippen LogP contribution in [0.3, 0.4) is 0 Å². The highest BCUT2D eigenvalue weighted by atomic mass is 32.2. The molecule has 2 aliphatic rings. The molecule has 1 saturated carbocycles. The molecule has 0 spiro atoms. The number of primary amides is 1. The predicted molar refractivity (Wildman–Crippen MR) is 71.5 cm³/mol. The van der Waals surface area contributed by atoms with Crippen LogP contribution >= 0.6 is 0 Å². The van der Waals surface area contributed by atoms with Gasteiger partial charge in [0.2, 0.25) is 15.9 Å². The highest BCUT2D eigenvalue weighted by Crippen LogP contribution is 2.39. The molecule has 0 aromatic heterocycles. The summed E-state index contributed by atoms with van der Waals surface area (Å²) in [5.74, 6) is -0.290. The third-order valence-corrected chi connectivity index (χ3v) is 5.53. The lowest BCUT2D eigenvalue weighted by molar-refractivity contribution is 0.0143. The smallest absolute Gasteiger partial charge is 0.248 e. The summed E-state index contributed by atoms with van der Waals surface area (Å²) in [6.45, 7) is 0.709. The minimum Gasteiger partial charge on any atom is -0.378 e. The lowest BCUT2D eigenvalue weighted by atomic mass is 9.77. The summed E-state index contributed by atoms with van der Waals surface area (Å²) in [5, 5.41) is 0. The first-order chi connectivity index (χ1) is 9.47. The van der Waals surface area contributed by atoms with E-state index in [-0.39, 0.29) is 28.5 Å². The highest BCUT2D eigenvalue weighted by Gasteiger charge is 2.46. The van der Waals surface area contributed by atoms with Crippen LogP contribution in [-0.2, 0) is 14.8 Å². The number of fused-ring (bicyclic) bond motifs is 1. The highest BCUT2D eigenvalue weighted by molar-refractivity contribution is 7.89. The molecular formula is C13H16N2O4S. The molecule has 1 heterocycles. The van der Waals surface area contributed by atoms with Crippen molar-refractivity contribution in [3.8, 4) is 0 Å². The molecule has 0 bridgehead atoms. The first-order valence-corrected chi connectivity index (χ1v) is 7.99. The van der Waals surface area contributed by atoms with Crippen LogP contribution in [0.4, 0.5) is 0 Å². The normalized spacial score (nSPS) is 28.7. The Balaban J connectivity index is 1.73. The zero-order valence-electron chi connectivity index (χ0n) is 10.8. The zero-order chi connectivity index (χ0) is 14.3. The first-order valence-electron chi connectivity index (χ1n) is 6.51. The van der Waals surface area contributed by atoms with E-state index < -0.39 is 15.9 Å². The number of benzene rings is 1. The molecule has 6 nitrogen and oxygen atoms in total. The third kappa shape index (κ3) is 2.32. The first kappa shape index (κ1) is 13.5. The van der Waals surface area contributed by atoms with E-state index in [0.29, 0.717) is 6.61 Å². The molecule has 20 heavy (non-hydrogen) atoms. The van der Waals surface area contributed by atoms with Crippen molar-refractivity contribution < 1.29 is 17.9 Å². The fraction of sp³-hybridized carbons (Fsp3) is 0.462. The minimum atomic E-state index is -3.56. The van der Waals surface area contributed by atoms with E-state index in [4.69, 9.17) is 10.5 Å². The topological polar surface area (TPSA) is 98.5 Å². The van der Waals surface area contributed by atoms with Gasteiger partial charge in [-0.3, -0.25) is 4.79 Å². The summed E-state index contributed by atoms with van der Waals surface area (Å²) >= 11 is 0. The molecule has 1 aromatic rings. The minimum absolute atomic E-state index is 0.0525. The summed E-state index contributed by atoms with van der Waals surface area (Å²) < 4.78 is 32.6. The van der Waals surface area contributed by atoms with Gasteiger partial charge in [-0.1, -0.05) is 0 Å². The van der Waals surface area contributed by atoms with Gasteiger partial charge in [-0.05, 0) is 37.1 Å². The van der Waals surface area contributed by atoms with Crippen LogP contribution in [0.2, 0.25) is 0 Å². The average molecular weight is 296 g/mol. The molecule has 7 heteroatoms. The van der Waals surface area contributed by atoms with Gasteiger partial charge >= 0.3 is 0 Å². The Hall–Kier alpha value is -1.44. The summed E-state index contributed by atoms with van der Waals surface area (Å²) in [7, 11) is -3.56. The number of sulfonamides is 1. The van der Waals surface area contributed by atoms with Crippen molar-refractivity contribution in [2.75, 3.05) is 6.61 Å². The van der Waals surface area contributed by atoms with Crippen molar-refractivity contribution in [1.29, 1.82) is 0 Å². The van der Waals surface area contributed by atoms with Gasteiger partial charge in [0.05, 0.1) is 11.0 Å². The van der Waals surface area contributed by atoms with Gasteiger partial charge < -0.3 is 10.5 Å². The molecule has 3 rings (SSSR count). The van der Waals surface area contributed by atoms with Crippen LogP contribution in [0.1, 0.15) is 23.2 Å². The van der Waals surface area contributed by atoms with E-state index in [1.165, 1.54) is 24.3 Å². The Morgan fingerprint density at radius 1 is 1.30 bits per heavy atom. The van der Waals surface area contributed by atoms with Gasteiger partial charge in [0.15, 0.2) is 0 Å². The fourth-order valence-corrected chi connectivity index (χ4v) is 4.10. The van der Waals surface area contributed by atoms with Crippen molar-refractivity contribution >= 4 is 15.9 Å². The third-order valence-electron chi connectivity index (χ3n) is 4.02. The predicted octanol–water partition coefficient (Wildman–Crippen LogP) is 0.241. The maximum absolute atomic E-state index is 12.2. The molecule has 2 fully saturated rings. The van der Waals surface area contributed by atoms with E-state index in [0.717, 1.165) is 12.8 Å². The maximum atomic E-state index is 12.2. The van der Waals surface area contributed by atoms with Crippen molar-refractivity contribution in [2.45, 2.75) is 29.9 Å². The number of hydrogen-bond donors (Lipinski definition) is 2. The van der Waals surface area contributed by atoms with Gasteiger partial charge in [0.1, 0.15) is 0 Å². The molecule has 3 atom stereocenters. The number of nitrogens with one attached hydrogen (secondary N) is 1. The largest absolute Gasteiger partial charge is 0.378 e. The zero-order valence-corrected chi connectivity index (χ0v) is 11.6. The van der Waals surface area contributed by atoms with Crippen molar-refractivity contribution in [3.05, 3.63) is 29.8 Å². The van der Waals surface area contributed by atoms with Crippen LogP contribution in [0.25, 0.3) is 0 Å². The Morgan fingerprint density at radius 2 is 2.00 bits per heavy atom. The van der Waals surface area contributed by atoms with Gasteiger partial charge in [-0.15, -0.1) is 0 Å². The summed E-state index contributed by atoms with van der Waals surface area (Å²) in [5.41, 5.74) is 5.41. The van der Waals surface area contributed by atoms with E-state index in [9.17, 15) is 13.2 Å². The number of nitrogens with two attached hydrogens (primary N) is 1. The molecule has 3 N–H and O–H groups in total. The van der Waals surface area contributed by atoms with Crippen molar-refractivity contribution in [2.24, 2.45) is 11.7 Å². The number of hydrogen-bond acceptors (Lipinski definition) is 4. The van der Waals surface area contributed by atoms with Gasteiger partial charge in [0.25, 0.3) is 0 Å². The Morgan fingerprint density at radius 3 is 2.60 bits per heavy atom. The van der Waals surface area contributed by atoms with E-state index in [1.54, 1.807) is 0 Å². The van der Waals surface area contributed by atoms with Crippen LogP contribution < -0.4 is 10.5 Å². The molecule has 0 radical (unpaired) electrons. The molecular weight excluding hydrogens is 280 g/mol. The summed E-state index contributed by atoms with van der Waals surface area (Å²) in [4.78, 5) is 11.1. The van der Waals surface area contributed by atoms with Gasteiger partial charge in [-0.2, -0.15) is 0 Å². The van der Waals surface area contributed by atoms with Crippen LogP contribution in [0.15, 0.2) is 29.2 Å². The van der Waals surface area contributed by atoms with Crippen molar-refractivity contribution in [1.82, 2.24) is 4.72 Å². The molecule has 108 valence electrons. The van der Waals surface area contributed by atoms with Gasteiger partial charge in [-0.25, -0.2) is 13.1 Å². The van der Waals surface area contributed by atoms with Crippen LogP contribution in [0.5, 0.6) is 0 Å². The summed E-state index contributed by atoms with van der Waals surface area (Å²) in [6.07, 6.45) is 1.83. The monoisotopic (exact) mass is 296 g/mol. The summed E-state index contributed by atoms with van der Waals surface area (Å²) in [6, 6.07) is 5.56. The number of rotatable bonds is 4. The molecule has 0 unspecified atom stereocenters. The van der Waals surface area contributed by atoms with E-state index >= 15 is 0 Å². The fourth-order valence-electron chi connectivity index (χ4n) is 2.80. The number of carbonyl (C=O) groups is 1. The number of amides is 1. The molecule has 1 amide bonds. The standard InChI is InChI=1S/C13H16N2O4S/c14-13(16)8-1-3-9(4-2-8)20(17,18)15-11-7-12-10(11)5-6-19-12/h1-4,10-12,15H,5-7H2,(H2,14,16)/t10-,11+,12+/m1/s1. The van der Waals surface area contributed by atoms with E-state index in [2.05, 4.69) is 4.72 Å². The van der Waals surface area contributed by atoms with E-state index in [1.807, 2.05) is 0 Å². The SMILES string of the molecule is NC(=O)c1ccc(S(=O)(=O)N[C@H]2C[C@@H]3OCC[C@H]23)cc1. The second-order valence-corrected chi connectivity index (χ2v) is 6.93. The number of ether oxygens (including phenoxy) is 1. The van der Waals surface area contributed by atoms with Crippen molar-refractivity contribution in [3.63, 3.8) is 0 Å². The second kappa shape index (κ2) is 4.83. The molecule has 1 aliphatic carbocycles. The lowest BCUT2D eigenvalue weighted by Gasteiger charge is -2.39. The van der Waals surface area contributed by atoms with Gasteiger partial charge in [0, 0.05) is 24.1 Å². The Bertz CT molecular complexity index is 626. The molecule has 1 aromatic carbocycles. The molecule has 1 aliphatic heterocycles. The quantitative estimate of drug-likeness (QED) is 0.831. The Kier molecular flexibility index (Phi) is 3.27.